The van der Waals surface area contributed by atoms with Crippen molar-refractivity contribution in [1.29, 1.82) is 5.26 Å². The molecule has 1 aliphatic heterocycles. The van der Waals surface area contributed by atoms with E-state index in [4.69, 9.17) is 10.00 Å². The number of esters is 1. The number of hydrogen-bond donors (Lipinski definition) is 0. The van der Waals surface area contributed by atoms with Gasteiger partial charge in [-0.3, -0.25) is 0 Å². The third-order valence-electron chi connectivity index (χ3n) is 2.46. The fourth-order valence-electron chi connectivity index (χ4n) is 1.53. The van der Waals surface area contributed by atoms with E-state index in [9.17, 15) is 4.79 Å². The molecule has 100 valence electrons. The highest BCUT2D eigenvalue weighted by atomic mass is 16.5. The van der Waals surface area contributed by atoms with E-state index in [1.807, 2.05) is 30.6 Å². The summed E-state index contributed by atoms with van der Waals surface area (Å²) in [4.78, 5) is 13.5. The summed E-state index contributed by atoms with van der Waals surface area (Å²) < 4.78 is 4.78. The van der Waals surface area contributed by atoms with Gasteiger partial charge >= 0.3 is 5.97 Å². The summed E-state index contributed by atoms with van der Waals surface area (Å²) in [6.07, 6.45) is 12.1. The van der Waals surface area contributed by atoms with Gasteiger partial charge in [0.1, 0.15) is 11.6 Å². The lowest BCUT2D eigenvalue weighted by Crippen LogP contribution is -2.12. The molecule has 0 amide bonds. The first-order valence-electron chi connectivity index (χ1n) is 6.32. The molecule has 0 unspecified atom stereocenters. The quantitative estimate of drug-likeness (QED) is 0.432. The minimum Gasteiger partial charge on any atom is -0.462 e. The molecular formula is C15H18N2O2. The van der Waals surface area contributed by atoms with Crippen LogP contribution in [0.4, 0.5) is 0 Å². The van der Waals surface area contributed by atoms with E-state index in [1.54, 1.807) is 13.0 Å². The van der Waals surface area contributed by atoms with Crippen LogP contribution >= 0.6 is 0 Å². The molecule has 0 aromatic heterocycles. The molecule has 4 heteroatoms. The molecular weight excluding hydrogens is 240 g/mol. The number of ether oxygens (including phenoxy) is 1. The Labute approximate surface area is 114 Å². The van der Waals surface area contributed by atoms with Gasteiger partial charge in [-0.1, -0.05) is 13.0 Å². The smallest absolute Gasteiger partial charge is 0.348 e. The molecule has 0 radical (unpaired) electrons. The Morgan fingerprint density at radius 2 is 2.11 bits per heavy atom. The molecule has 4 nitrogen and oxygen atoms in total. The second kappa shape index (κ2) is 7.93. The van der Waals surface area contributed by atoms with Crippen LogP contribution in [0.25, 0.3) is 0 Å². The lowest BCUT2D eigenvalue weighted by molar-refractivity contribution is -0.138. The van der Waals surface area contributed by atoms with Crippen molar-refractivity contribution >= 4 is 5.97 Å². The van der Waals surface area contributed by atoms with Gasteiger partial charge in [-0.15, -0.1) is 0 Å². The Bertz CT molecular complexity index is 463. The predicted molar refractivity (Wildman–Crippen MR) is 73.7 cm³/mol. The zero-order chi connectivity index (χ0) is 14.1. The first-order valence-corrected chi connectivity index (χ1v) is 6.32. The number of nitriles is 1. The van der Waals surface area contributed by atoms with Gasteiger partial charge < -0.3 is 9.64 Å². The lowest BCUT2D eigenvalue weighted by Gasteiger charge is -2.17. The second-order valence-electron chi connectivity index (χ2n) is 3.95. The van der Waals surface area contributed by atoms with Gasteiger partial charge in [0.25, 0.3) is 0 Å². The highest BCUT2D eigenvalue weighted by molar-refractivity contribution is 5.93. The van der Waals surface area contributed by atoms with Gasteiger partial charge in [-0.2, -0.15) is 5.26 Å². The van der Waals surface area contributed by atoms with Crippen molar-refractivity contribution in [1.82, 2.24) is 4.90 Å². The van der Waals surface area contributed by atoms with Crippen molar-refractivity contribution in [3.05, 3.63) is 47.9 Å². The normalized spacial score (nSPS) is 14.3. The fourth-order valence-corrected chi connectivity index (χ4v) is 1.53. The monoisotopic (exact) mass is 258 g/mol. The van der Waals surface area contributed by atoms with Crippen LogP contribution < -0.4 is 0 Å². The largest absolute Gasteiger partial charge is 0.462 e. The summed E-state index contributed by atoms with van der Waals surface area (Å²) in [7, 11) is 0. The summed E-state index contributed by atoms with van der Waals surface area (Å²) in [6, 6.07) is 1.84. The molecule has 0 aliphatic carbocycles. The standard InChI is InChI=1S/C15H18N2O2/c1-3-9-17-10-7-13(8-11-17)5-6-14(12-16)15(18)19-4-2/h5-8,10-11H,3-4,9H2,1-2H3. The highest BCUT2D eigenvalue weighted by Crippen LogP contribution is 2.10. The second-order valence-corrected chi connectivity index (χ2v) is 3.95. The van der Waals surface area contributed by atoms with Crippen molar-refractivity contribution in [2.24, 2.45) is 0 Å². The first-order chi connectivity index (χ1) is 9.21. The Kier molecular flexibility index (Phi) is 6.17. The number of nitrogens with zero attached hydrogens (tertiary/aromatic N) is 2. The zero-order valence-corrected chi connectivity index (χ0v) is 11.3. The van der Waals surface area contributed by atoms with E-state index in [1.165, 1.54) is 6.08 Å². The van der Waals surface area contributed by atoms with Crippen LogP contribution in [-0.4, -0.2) is 24.0 Å². The van der Waals surface area contributed by atoms with Crippen LogP contribution in [0.15, 0.2) is 47.9 Å². The average Bonchev–Trinajstić information content (AvgIpc) is 2.42. The van der Waals surface area contributed by atoms with Crippen LogP contribution in [0.3, 0.4) is 0 Å². The third-order valence-corrected chi connectivity index (χ3v) is 2.46. The summed E-state index contributed by atoms with van der Waals surface area (Å²) >= 11 is 0. The molecule has 19 heavy (non-hydrogen) atoms. The molecule has 1 rings (SSSR count). The van der Waals surface area contributed by atoms with E-state index < -0.39 is 5.97 Å². The Hall–Kier alpha value is -2.28. The Morgan fingerprint density at radius 1 is 1.42 bits per heavy atom. The van der Waals surface area contributed by atoms with Crippen molar-refractivity contribution < 1.29 is 9.53 Å². The van der Waals surface area contributed by atoms with Gasteiger partial charge in [0.05, 0.1) is 6.61 Å². The average molecular weight is 258 g/mol. The highest BCUT2D eigenvalue weighted by Gasteiger charge is 2.08. The van der Waals surface area contributed by atoms with Crippen LogP contribution in [0.5, 0.6) is 0 Å². The minimum absolute atomic E-state index is 0.00661. The zero-order valence-electron chi connectivity index (χ0n) is 11.3. The number of carbonyl (C=O) groups is 1. The number of hydrogen-bond acceptors (Lipinski definition) is 4. The lowest BCUT2D eigenvalue weighted by atomic mass is 10.1. The third kappa shape index (κ3) is 4.84. The van der Waals surface area contributed by atoms with Crippen LogP contribution in [0.1, 0.15) is 20.3 Å². The van der Waals surface area contributed by atoms with E-state index in [0.29, 0.717) is 0 Å². The minimum atomic E-state index is -0.585. The maximum atomic E-state index is 11.4. The van der Waals surface area contributed by atoms with Gasteiger partial charge in [0, 0.05) is 18.9 Å². The fraction of sp³-hybridized carbons (Fsp3) is 0.333. The van der Waals surface area contributed by atoms with Crippen molar-refractivity contribution in [2.45, 2.75) is 20.3 Å². The van der Waals surface area contributed by atoms with Gasteiger partial charge in [-0.25, -0.2) is 4.79 Å². The molecule has 0 bridgehead atoms. The molecule has 0 atom stereocenters. The summed E-state index contributed by atoms with van der Waals surface area (Å²) in [6.45, 7) is 5.07. The van der Waals surface area contributed by atoms with E-state index in [2.05, 4.69) is 11.8 Å². The van der Waals surface area contributed by atoms with E-state index >= 15 is 0 Å². The summed E-state index contributed by atoms with van der Waals surface area (Å²) in [5, 5.41) is 8.87. The topological polar surface area (TPSA) is 53.3 Å². The Morgan fingerprint density at radius 3 is 2.63 bits per heavy atom. The van der Waals surface area contributed by atoms with Crippen molar-refractivity contribution in [2.75, 3.05) is 13.2 Å². The molecule has 0 saturated heterocycles. The summed E-state index contributed by atoms with van der Waals surface area (Å²) in [5.41, 5.74) is 0.941. The molecule has 0 N–H and O–H groups in total. The first kappa shape index (κ1) is 14.8. The maximum absolute atomic E-state index is 11.4. The van der Waals surface area contributed by atoms with E-state index in [-0.39, 0.29) is 12.2 Å². The number of rotatable bonds is 5. The maximum Gasteiger partial charge on any atom is 0.348 e. The molecule has 0 aromatic rings. The molecule has 0 spiro atoms. The van der Waals surface area contributed by atoms with Gasteiger partial charge in [0.15, 0.2) is 0 Å². The SMILES string of the molecule is CCCN1C=CC(=CC=C(C#N)C(=O)OCC)C=C1. The predicted octanol–water partition coefficient (Wildman–Crippen LogP) is 2.68. The van der Waals surface area contributed by atoms with Crippen LogP contribution in [0.2, 0.25) is 0 Å². The molecule has 1 aliphatic rings. The van der Waals surface area contributed by atoms with E-state index in [0.717, 1.165) is 18.5 Å². The molecule has 0 fully saturated rings. The summed E-state index contributed by atoms with van der Waals surface area (Å²) in [5.74, 6) is -0.585. The van der Waals surface area contributed by atoms with Crippen LogP contribution in [0, 0.1) is 11.3 Å². The van der Waals surface area contributed by atoms with Crippen molar-refractivity contribution in [3.8, 4) is 6.07 Å². The van der Waals surface area contributed by atoms with Crippen molar-refractivity contribution in [3.63, 3.8) is 0 Å². The van der Waals surface area contributed by atoms with Gasteiger partial charge in [0.2, 0.25) is 0 Å². The van der Waals surface area contributed by atoms with Crippen LogP contribution in [-0.2, 0) is 9.53 Å². The number of carbonyl (C=O) groups excluding carboxylic acids is 1. The molecule has 0 aromatic carbocycles. The van der Waals surface area contributed by atoms with Gasteiger partial charge in [-0.05, 0) is 37.1 Å². The molecule has 1 heterocycles. The number of allylic oxidation sites excluding steroid dienone is 5. The Balaban J connectivity index is 2.71. The molecule has 0 saturated carbocycles.